The van der Waals surface area contributed by atoms with Crippen molar-refractivity contribution in [3.8, 4) is 0 Å². The maximum Gasteiger partial charge on any atom is 0.232 e. The number of carbonyl (C=O) groups is 1. The number of benzene rings is 1. The molecule has 0 aromatic heterocycles. The molecule has 140 valence electrons. The highest BCUT2D eigenvalue weighted by Gasteiger charge is 2.34. The highest BCUT2D eigenvalue weighted by atomic mass is 32.2. The number of sulfone groups is 1. The van der Waals surface area contributed by atoms with Gasteiger partial charge in [-0.3, -0.25) is 4.79 Å². The standard InChI is InChI=1S/C18H26FNO3S2/c1-13(2)10-20(17-8-9-25(22,23)12-17)18(21)11-24-14(3)15-4-6-16(19)7-5-15/h4-7,13-14,17H,8-12H2,1-3H3. The van der Waals surface area contributed by atoms with E-state index in [1.165, 1.54) is 23.9 Å². The Bertz CT molecular complexity index is 689. The van der Waals surface area contributed by atoms with E-state index in [4.69, 9.17) is 0 Å². The Hall–Kier alpha value is -1.08. The summed E-state index contributed by atoms with van der Waals surface area (Å²) in [7, 11) is -3.02. The van der Waals surface area contributed by atoms with Gasteiger partial charge < -0.3 is 4.90 Å². The van der Waals surface area contributed by atoms with Crippen molar-refractivity contribution < 1.29 is 17.6 Å². The molecule has 1 saturated heterocycles. The van der Waals surface area contributed by atoms with Crippen LogP contribution < -0.4 is 0 Å². The Balaban J connectivity index is 1.98. The van der Waals surface area contributed by atoms with Gasteiger partial charge in [-0.25, -0.2) is 12.8 Å². The van der Waals surface area contributed by atoms with E-state index in [-0.39, 0.29) is 40.4 Å². The number of amides is 1. The Morgan fingerprint density at radius 3 is 2.44 bits per heavy atom. The Kier molecular flexibility index (Phi) is 6.91. The fourth-order valence-electron chi connectivity index (χ4n) is 2.98. The first-order valence-corrected chi connectivity index (χ1v) is 11.4. The summed E-state index contributed by atoms with van der Waals surface area (Å²) in [4.78, 5) is 14.5. The van der Waals surface area contributed by atoms with E-state index in [1.54, 1.807) is 17.0 Å². The number of rotatable bonds is 7. The van der Waals surface area contributed by atoms with Crippen LogP contribution in [-0.4, -0.2) is 49.1 Å². The number of hydrogen-bond acceptors (Lipinski definition) is 4. The van der Waals surface area contributed by atoms with Gasteiger partial charge in [0.2, 0.25) is 5.91 Å². The third-order valence-electron chi connectivity index (χ3n) is 4.33. The first kappa shape index (κ1) is 20.2. The predicted octanol–water partition coefficient (Wildman–Crippen LogP) is 3.29. The third-order valence-corrected chi connectivity index (χ3v) is 7.26. The van der Waals surface area contributed by atoms with Gasteiger partial charge in [0.25, 0.3) is 0 Å². The maximum atomic E-state index is 13.0. The van der Waals surface area contributed by atoms with Gasteiger partial charge in [-0.1, -0.05) is 26.0 Å². The summed E-state index contributed by atoms with van der Waals surface area (Å²) < 4.78 is 36.5. The summed E-state index contributed by atoms with van der Waals surface area (Å²) in [6.07, 6.45) is 0.527. The monoisotopic (exact) mass is 387 g/mol. The molecule has 1 heterocycles. The van der Waals surface area contributed by atoms with Crippen LogP contribution in [0.4, 0.5) is 4.39 Å². The van der Waals surface area contributed by atoms with Gasteiger partial charge >= 0.3 is 0 Å². The Labute approximate surface area is 154 Å². The zero-order valence-electron chi connectivity index (χ0n) is 14.9. The highest BCUT2D eigenvalue weighted by molar-refractivity contribution is 8.00. The van der Waals surface area contributed by atoms with Crippen molar-refractivity contribution >= 4 is 27.5 Å². The molecule has 0 saturated carbocycles. The molecule has 25 heavy (non-hydrogen) atoms. The number of halogens is 1. The van der Waals surface area contributed by atoms with Crippen LogP contribution in [0.3, 0.4) is 0 Å². The van der Waals surface area contributed by atoms with Crippen molar-refractivity contribution in [2.45, 2.75) is 38.5 Å². The summed E-state index contributed by atoms with van der Waals surface area (Å²) in [6, 6.07) is 6.09. The molecule has 2 unspecified atom stereocenters. The summed E-state index contributed by atoms with van der Waals surface area (Å²) >= 11 is 1.49. The van der Waals surface area contributed by atoms with E-state index in [2.05, 4.69) is 0 Å². The second-order valence-electron chi connectivity index (χ2n) is 7.00. The summed E-state index contributed by atoms with van der Waals surface area (Å²) in [6.45, 7) is 6.61. The van der Waals surface area contributed by atoms with E-state index in [0.717, 1.165) is 5.56 Å². The molecule has 0 bridgehead atoms. The van der Waals surface area contributed by atoms with Crippen molar-refractivity contribution in [2.75, 3.05) is 23.8 Å². The largest absolute Gasteiger partial charge is 0.338 e. The smallest absolute Gasteiger partial charge is 0.232 e. The molecule has 0 aliphatic carbocycles. The van der Waals surface area contributed by atoms with Crippen LogP contribution in [-0.2, 0) is 14.6 Å². The molecular weight excluding hydrogens is 361 g/mol. The van der Waals surface area contributed by atoms with Gasteiger partial charge in [-0.15, -0.1) is 11.8 Å². The molecule has 1 aromatic rings. The normalized spacial score (nSPS) is 20.6. The topological polar surface area (TPSA) is 54.5 Å². The second kappa shape index (κ2) is 8.54. The zero-order valence-corrected chi connectivity index (χ0v) is 16.6. The molecule has 1 aromatic carbocycles. The van der Waals surface area contributed by atoms with Crippen molar-refractivity contribution in [2.24, 2.45) is 5.92 Å². The minimum Gasteiger partial charge on any atom is -0.338 e. The first-order valence-electron chi connectivity index (χ1n) is 8.55. The number of nitrogens with zero attached hydrogens (tertiary/aromatic N) is 1. The summed E-state index contributed by atoms with van der Waals surface area (Å²) in [5.74, 6) is 0.522. The van der Waals surface area contributed by atoms with E-state index < -0.39 is 9.84 Å². The molecule has 1 aliphatic rings. The molecule has 4 nitrogen and oxygen atoms in total. The van der Waals surface area contributed by atoms with Gasteiger partial charge in [0, 0.05) is 17.8 Å². The van der Waals surface area contributed by atoms with E-state index in [0.29, 0.717) is 18.7 Å². The van der Waals surface area contributed by atoms with Gasteiger partial charge in [-0.05, 0) is 37.0 Å². The lowest BCUT2D eigenvalue weighted by atomic mass is 10.1. The van der Waals surface area contributed by atoms with Crippen molar-refractivity contribution in [3.05, 3.63) is 35.6 Å². The number of thioether (sulfide) groups is 1. The number of carbonyl (C=O) groups excluding carboxylic acids is 1. The Morgan fingerprint density at radius 2 is 1.92 bits per heavy atom. The van der Waals surface area contributed by atoms with Gasteiger partial charge in [-0.2, -0.15) is 0 Å². The zero-order chi connectivity index (χ0) is 18.6. The first-order chi connectivity index (χ1) is 11.7. The fourth-order valence-corrected chi connectivity index (χ4v) is 5.62. The SMILES string of the molecule is CC(C)CN(C(=O)CSC(C)c1ccc(F)cc1)C1CCS(=O)(=O)C1. The van der Waals surface area contributed by atoms with E-state index in [9.17, 15) is 17.6 Å². The van der Waals surface area contributed by atoms with Gasteiger partial charge in [0.15, 0.2) is 9.84 Å². The lowest BCUT2D eigenvalue weighted by Gasteiger charge is -2.30. The fraction of sp³-hybridized carbons (Fsp3) is 0.611. The van der Waals surface area contributed by atoms with E-state index >= 15 is 0 Å². The third kappa shape index (κ3) is 5.99. The minimum absolute atomic E-state index is 0.0187. The predicted molar refractivity (Wildman–Crippen MR) is 101 cm³/mol. The second-order valence-corrected chi connectivity index (χ2v) is 10.6. The van der Waals surface area contributed by atoms with Crippen molar-refractivity contribution in [1.82, 2.24) is 4.90 Å². The molecule has 1 aliphatic heterocycles. The molecule has 0 spiro atoms. The van der Waals surface area contributed by atoms with Gasteiger partial charge in [0.05, 0.1) is 17.3 Å². The number of hydrogen-bond donors (Lipinski definition) is 0. The highest BCUT2D eigenvalue weighted by Crippen LogP contribution is 2.29. The van der Waals surface area contributed by atoms with Crippen LogP contribution in [0.2, 0.25) is 0 Å². The molecule has 1 fully saturated rings. The molecule has 0 N–H and O–H groups in total. The van der Waals surface area contributed by atoms with Crippen LogP contribution in [0.25, 0.3) is 0 Å². The van der Waals surface area contributed by atoms with Crippen LogP contribution in [0.15, 0.2) is 24.3 Å². The van der Waals surface area contributed by atoms with Crippen molar-refractivity contribution in [1.29, 1.82) is 0 Å². The lowest BCUT2D eigenvalue weighted by molar-refractivity contribution is -0.130. The Morgan fingerprint density at radius 1 is 1.28 bits per heavy atom. The molecule has 1 amide bonds. The molecule has 2 rings (SSSR count). The van der Waals surface area contributed by atoms with Crippen molar-refractivity contribution in [3.63, 3.8) is 0 Å². The minimum atomic E-state index is -3.02. The summed E-state index contributed by atoms with van der Waals surface area (Å²) in [5, 5.41) is 0.0674. The quantitative estimate of drug-likeness (QED) is 0.720. The average molecular weight is 388 g/mol. The lowest BCUT2D eigenvalue weighted by Crippen LogP contribution is -2.44. The van der Waals surface area contributed by atoms with Crippen LogP contribution >= 0.6 is 11.8 Å². The average Bonchev–Trinajstić information content (AvgIpc) is 2.90. The van der Waals surface area contributed by atoms with Gasteiger partial charge in [0.1, 0.15) is 5.82 Å². The van der Waals surface area contributed by atoms with Crippen LogP contribution in [0.5, 0.6) is 0 Å². The molecule has 2 atom stereocenters. The maximum absolute atomic E-state index is 13.0. The molecule has 7 heteroatoms. The van der Waals surface area contributed by atoms with Crippen LogP contribution in [0, 0.1) is 11.7 Å². The molecular formula is C18H26FNO3S2. The summed E-state index contributed by atoms with van der Waals surface area (Å²) in [5.41, 5.74) is 0.970. The molecule has 0 radical (unpaired) electrons. The van der Waals surface area contributed by atoms with Crippen LogP contribution in [0.1, 0.15) is 38.0 Å². The van der Waals surface area contributed by atoms with E-state index in [1.807, 2.05) is 20.8 Å².